The summed E-state index contributed by atoms with van der Waals surface area (Å²) in [5, 5.41) is -0.791. The molecule has 4 rings (SSSR count). The van der Waals surface area contributed by atoms with Gasteiger partial charge in [-0.1, -0.05) is 42.5 Å². The van der Waals surface area contributed by atoms with Gasteiger partial charge >= 0.3 is 6.18 Å². The first-order valence-corrected chi connectivity index (χ1v) is 11.0. The van der Waals surface area contributed by atoms with Gasteiger partial charge < -0.3 is 0 Å². The maximum Gasteiger partial charge on any atom is 0.416 e. The first-order valence-electron chi connectivity index (χ1n) is 9.18. The summed E-state index contributed by atoms with van der Waals surface area (Å²) < 4.78 is 66.6. The van der Waals surface area contributed by atoms with Crippen LogP contribution in [0.25, 0.3) is 11.1 Å². The van der Waals surface area contributed by atoms with Crippen molar-refractivity contribution in [1.82, 2.24) is 0 Å². The van der Waals surface area contributed by atoms with Crippen molar-refractivity contribution < 1.29 is 26.4 Å². The Hall–Kier alpha value is -2.84. The molecule has 0 radical (unpaired) electrons. The zero-order chi connectivity index (χ0) is 22.4. The largest absolute Gasteiger partial charge is 0.416 e. The van der Waals surface area contributed by atoms with Crippen LogP contribution in [0.4, 0.5) is 18.9 Å². The summed E-state index contributed by atoms with van der Waals surface area (Å²) in [5.41, 5.74) is 1.00. The number of carbonyl (C=O) groups excluding carboxylic acids is 1. The van der Waals surface area contributed by atoms with Gasteiger partial charge in [-0.3, -0.25) is 9.10 Å². The van der Waals surface area contributed by atoms with Crippen LogP contribution in [0.1, 0.15) is 11.1 Å². The molecular formula is C22H15ClF3NO3S. The smallest absolute Gasteiger partial charge is 0.279 e. The Morgan fingerprint density at radius 2 is 1.61 bits per heavy atom. The van der Waals surface area contributed by atoms with Crippen LogP contribution in [0.2, 0.25) is 0 Å². The average Bonchev–Trinajstić information content (AvgIpc) is 3.14. The standard InChI is InChI=1S/C22H15ClF3NO3S/c23-21(28)20-13-16-4-1-2-7-19(16)27(20)31(29,30)18-10-8-14(9-11-18)15-5-3-6-17(12-15)22(24,25)26/h1-12,20H,13H2/t20-/m0/s1. The SMILES string of the molecule is O=C(Cl)[C@@H]1Cc2ccccc2N1S(=O)(=O)c1ccc(-c2cccc(C(F)(F)F)c2)cc1. The van der Waals surface area contributed by atoms with Crippen LogP contribution in [0.3, 0.4) is 0 Å². The lowest BCUT2D eigenvalue weighted by molar-refractivity contribution is -0.137. The second-order valence-corrected chi connectivity index (χ2v) is 9.24. The summed E-state index contributed by atoms with van der Waals surface area (Å²) in [5.74, 6) is 0. The number of sulfonamides is 1. The number of para-hydroxylation sites is 1. The zero-order valence-corrected chi connectivity index (χ0v) is 17.4. The number of carbonyl (C=O) groups is 1. The highest BCUT2D eigenvalue weighted by Crippen LogP contribution is 2.38. The van der Waals surface area contributed by atoms with E-state index in [0.717, 1.165) is 16.4 Å². The monoisotopic (exact) mass is 465 g/mol. The average molecular weight is 466 g/mol. The van der Waals surface area contributed by atoms with Crippen molar-refractivity contribution in [3.8, 4) is 11.1 Å². The molecule has 0 unspecified atom stereocenters. The molecule has 1 atom stereocenters. The van der Waals surface area contributed by atoms with Crippen molar-refractivity contribution in [2.24, 2.45) is 0 Å². The predicted molar refractivity (Wildman–Crippen MR) is 111 cm³/mol. The molecule has 31 heavy (non-hydrogen) atoms. The second kappa shape index (κ2) is 7.69. The number of hydrogen-bond donors (Lipinski definition) is 0. The summed E-state index contributed by atoms with van der Waals surface area (Å²) in [7, 11) is -4.13. The fourth-order valence-electron chi connectivity index (χ4n) is 3.63. The van der Waals surface area contributed by atoms with E-state index in [0.29, 0.717) is 22.4 Å². The van der Waals surface area contributed by atoms with Crippen molar-refractivity contribution in [2.45, 2.75) is 23.5 Å². The number of hydrogen-bond acceptors (Lipinski definition) is 3. The van der Waals surface area contributed by atoms with Gasteiger partial charge in [0.05, 0.1) is 16.1 Å². The minimum Gasteiger partial charge on any atom is -0.279 e. The lowest BCUT2D eigenvalue weighted by Crippen LogP contribution is -2.41. The Kier molecular flexibility index (Phi) is 5.31. The summed E-state index contributed by atoms with van der Waals surface area (Å²) in [6, 6.07) is 15.9. The summed E-state index contributed by atoms with van der Waals surface area (Å²) in [6.45, 7) is 0. The molecule has 0 bridgehead atoms. The molecule has 4 nitrogen and oxygen atoms in total. The Morgan fingerprint density at radius 3 is 2.26 bits per heavy atom. The van der Waals surface area contributed by atoms with Gasteiger partial charge in [0.1, 0.15) is 6.04 Å². The Bertz CT molecular complexity index is 1260. The molecule has 0 saturated heterocycles. The van der Waals surface area contributed by atoms with Gasteiger partial charge in [0.25, 0.3) is 10.0 Å². The Labute approximate surface area is 181 Å². The van der Waals surface area contributed by atoms with E-state index in [1.165, 1.54) is 36.4 Å². The number of fused-ring (bicyclic) bond motifs is 1. The highest BCUT2D eigenvalue weighted by atomic mass is 35.5. The van der Waals surface area contributed by atoms with Crippen molar-refractivity contribution in [2.75, 3.05) is 4.31 Å². The molecule has 0 saturated carbocycles. The molecule has 0 aliphatic carbocycles. The topological polar surface area (TPSA) is 54.5 Å². The zero-order valence-electron chi connectivity index (χ0n) is 15.8. The van der Waals surface area contributed by atoms with E-state index in [2.05, 4.69) is 0 Å². The number of benzene rings is 3. The highest BCUT2D eigenvalue weighted by molar-refractivity contribution is 7.93. The molecule has 0 aromatic heterocycles. The molecule has 3 aromatic rings. The van der Waals surface area contributed by atoms with Crippen LogP contribution in [-0.4, -0.2) is 19.7 Å². The van der Waals surface area contributed by atoms with E-state index in [1.54, 1.807) is 24.3 Å². The van der Waals surface area contributed by atoms with Crippen molar-refractivity contribution in [1.29, 1.82) is 0 Å². The van der Waals surface area contributed by atoms with Gasteiger partial charge in [-0.15, -0.1) is 0 Å². The molecule has 0 amide bonds. The fourth-order valence-corrected chi connectivity index (χ4v) is 5.52. The number of alkyl halides is 3. The van der Waals surface area contributed by atoms with Gasteiger partial charge in [0.2, 0.25) is 5.24 Å². The maximum absolute atomic E-state index is 13.3. The molecule has 1 aliphatic heterocycles. The van der Waals surface area contributed by atoms with Gasteiger partial charge in [-0.2, -0.15) is 13.2 Å². The summed E-state index contributed by atoms with van der Waals surface area (Å²) >= 11 is 5.68. The first kappa shape index (κ1) is 21.4. The third-order valence-electron chi connectivity index (χ3n) is 5.12. The van der Waals surface area contributed by atoms with E-state index in [4.69, 9.17) is 11.6 Å². The van der Waals surface area contributed by atoms with E-state index in [1.807, 2.05) is 0 Å². The quantitative estimate of drug-likeness (QED) is 0.494. The number of anilines is 1. The van der Waals surface area contributed by atoms with Crippen LogP contribution in [0.5, 0.6) is 0 Å². The number of nitrogens with zero attached hydrogens (tertiary/aromatic N) is 1. The fraction of sp³-hybridized carbons (Fsp3) is 0.136. The number of rotatable bonds is 4. The van der Waals surface area contributed by atoms with E-state index in [-0.39, 0.29) is 11.3 Å². The Balaban J connectivity index is 1.71. The Morgan fingerprint density at radius 1 is 0.935 bits per heavy atom. The minimum absolute atomic E-state index is 0.0946. The molecule has 1 aliphatic rings. The molecule has 0 N–H and O–H groups in total. The van der Waals surface area contributed by atoms with Gasteiger partial charge in [-0.25, -0.2) is 8.42 Å². The van der Waals surface area contributed by atoms with E-state index < -0.39 is 33.0 Å². The second-order valence-electron chi connectivity index (χ2n) is 7.06. The third-order valence-corrected chi connectivity index (χ3v) is 7.21. The maximum atomic E-state index is 13.3. The molecule has 0 fully saturated rings. The molecular weight excluding hydrogens is 451 g/mol. The predicted octanol–water partition coefficient (Wildman–Crippen LogP) is 5.26. The summed E-state index contributed by atoms with van der Waals surface area (Å²) in [6.07, 6.45) is -4.31. The summed E-state index contributed by atoms with van der Waals surface area (Å²) in [4.78, 5) is 11.8. The van der Waals surface area contributed by atoms with Crippen LogP contribution < -0.4 is 4.31 Å². The van der Waals surface area contributed by atoms with Crippen LogP contribution >= 0.6 is 11.6 Å². The van der Waals surface area contributed by atoms with Gasteiger partial charge in [0.15, 0.2) is 0 Å². The number of halogens is 4. The van der Waals surface area contributed by atoms with Crippen LogP contribution in [-0.2, 0) is 27.4 Å². The molecule has 9 heteroatoms. The molecule has 160 valence electrons. The first-order chi connectivity index (χ1) is 14.6. The van der Waals surface area contributed by atoms with Crippen LogP contribution in [0.15, 0.2) is 77.7 Å². The molecule has 0 spiro atoms. The van der Waals surface area contributed by atoms with Crippen molar-refractivity contribution in [3.63, 3.8) is 0 Å². The lowest BCUT2D eigenvalue weighted by atomic mass is 10.0. The van der Waals surface area contributed by atoms with Crippen molar-refractivity contribution >= 4 is 32.6 Å². The van der Waals surface area contributed by atoms with Crippen LogP contribution in [0, 0.1) is 0 Å². The van der Waals surface area contributed by atoms with Gasteiger partial charge in [-0.05, 0) is 58.6 Å². The highest BCUT2D eigenvalue weighted by Gasteiger charge is 2.41. The minimum atomic E-state index is -4.48. The molecule has 1 heterocycles. The normalized spacial score (nSPS) is 16.3. The molecule has 3 aromatic carbocycles. The van der Waals surface area contributed by atoms with E-state index in [9.17, 15) is 26.4 Å². The van der Waals surface area contributed by atoms with E-state index >= 15 is 0 Å². The van der Waals surface area contributed by atoms with Gasteiger partial charge in [0, 0.05) is 6.42 Å². The van der Waals surface area contributed by atoms with Crippen molar-refractivity contribution in [3.05, 3.63) is 83.9 Å². The lowest BCUT2D eigenvalue weighted by Gasteiger charge is -2.24. The third kappa shape index (κ3) is 3.93.